The van der Waals surface area contributed by atoms with Gasteiger partial charge in [0.1, 0.15) is 0 Å². The molecule has 0 aromatic carbocycles. The van der Waals surface area contributed by atoms with Crippen LogP contribution >= 0.6 is 0 Å². The number of carbonyl (C=O) groups is 1. The van der Waals surface area contributed by atoms with E-state index in [0.717, 1.165) is 71.6 Å². The molecular formula is C19H34N6O2. The molecule has 0 bridgehead atoms. The highest BCUT2D eigenvalue weighted by molar-refractivity contribution is 5.74. The molecule has 8 nitrogen and oxygen atoms in total. The minimum Gasteiger partial charge on any atom is -0.395 e. The molecule has 2 fully saturated rings. The van der Waals surface area contributed by atoms with Crippen LogP contribution in [0.4, 0.5) is 4.79 Å². The molecule has 0 aliphatic carbocycles. The normalized spacial score (nSPS) is 21.3. The van der Waals surface area contributed by atoms with Gasteiger partial charge in [0.15, 0.2) is 0 Å². The zero-order valence-corrected chi connectivity index (χ0v) is 16.5. The molecular weight excluding hydrogens is 344 g/mol. The third-order valence-electron chi connectivity index (χ3n) is 5.90. The minimum atomic E-state index is 0.0631. The van der Waals surface area contributed by atoms with Gasteiger partial charge in [-0.25, -0.2) is 9.78 Å². The summed E-state index contributed by atoms with van der Waals surface area (Å²) in [6.45, 7) is 9.75. The zero-order valence-electron chi connectivity index (χ0n) is 16.5. The number of urea groups is 1. The summed E-state index contributed by atoms with van der Waals surface area (Å²) in [5.74, 6) is 0. The monoisotopic (exact) mass is 378 g/mol. The molecule has 8 heteroatoms. The second-order valence-corrected chi connectivity index (χ2v) is 7.63. The average molecular weight is 379 g/mol. The van der Waals surface area contributed by atoms with Crippen molar-refractivity contribution in [3.05, 3.63) is 18.7 Å². The molecule has 1 aromatic heterocycles. The van der Waals surface area contributed by atoms with Gasteiger partial charge in [0.05, 0.1) is 12.9 Å². The summed E-state index contributed by atoms with van der Waals surface area (Å²) in [4.78, 5) is 23.6. The van der Waals surface area contributed by atoms with Gasteiger partial charge in [-0.15, -0.1) is 0 Å². The standard InChI is InChI=1S/C19H34N6O2/c1-2-17(15-23-8-5-20-16-23)21-19(27)25-6-3-18(4-7-25)24-11-9-22(10-12-24)13-14-26/h5,8,16-18,26H,2-4,6-7,9-15H2,1H3,(H,21,27). The van der Waals surface area contributed by atoms with Crippen LogP contribution in [0.15, 0.2) is 18.7 Å². The Morgan fingerprint density at radius 1 is 1.22 bits per heavy atom. The smallest absolute Gasteiger partial charge is 0.317 e. The van der Waals surface area contributed by atoms with E-state index in [1.807, 2.05) is 15.7 Å². The van der Waals surface area contributed by atoms with Gasteiger partial charge in [0.25, 0.3) is 0 Å². The fourth-order valence-corrected chi connectivity index (χ4v) is 4.12. The van der Waals surface area contributed by atoms with Crippen molar-refractivity contribution in [2.24, 2.45) is 0 Å². The van der Waals surface area contributed by atoms with Gasteiger partial charge in [-0.1, -0.05) is 6.92 Å². The number of amides is 2. The molecule has 3 heterocycles. The van der Waals surface area contributed by atoms with Crippen molar-refractivity contribution in [2.75, 3.05) is 52.4 Å². The third-order valence-corrected chi connectivity index (χ3v) is 5.90. The molecule has 1 unspecified atom stereocenters. The Kier molecular flexibility index (Phi) is 7.49. The molecule has 3 rings (SSSR count). The van der Waals surface area contributed by atoms with Crippen LogP contribution in [0.1, 0.15) is 26.2 Å². The summed E-state index contributed by atoms with van der Waals surface area (Å²) in [5, 5.41) is 12.2. The Morgan fingerprint density at radius 3 is 2.56 bits per heavy atom. The van der Waals surface area contributed by atoms with Crippen molar-refractivity contribution in [1.82, 2.24) is 29.6 Å². The third kappa shape index (κ3) is 5.67. The molecule has 1 aromatic rings. The summed E-state index contributed by atoms with van der Waals surface area (Å²) in [6.07, 6.45) is 8.49. The van der Waals surface area contributed by atoms with E-state index < -0.39 is 0 Å². The summed E-state index contributed by atoms with van der Waals surface area (Å²) in [7, 11) is 0. The lowest BCUT2D eigenvalue weighted by Crippen LogP contribution is -2.55. The molecule has 2 saturated heterocycles. The lowest BCUT2D eigenvalue weighted by atomic mass is 10.0. The Labute approximate surface area is 162 Å². The highest BCUT2D eigenvalue weighted by Crippen LogP contribution is 2.18. The van der Waals surface area contributed by atoms with Gasteiger partial charge in [0.2, 0.25) is 0 Å². The summed E-state index contributed by atoms with van der Waals surface area (Å²) < 4.78 is 2.01. The first kappa shape index (κ1) is 20.1. The van der Waals surface area contributed by atoms with Crippen molar-refractivity contribution < 1.29 is 9.90 Å². The predicted octanol–water partition coefficient (Wildman–Crippen LogP) is 0.446. The van der Waals surface area contributed by atoms with Crippen LogP contribution in [-0.4, -0.2) is 99.9 Å². The lowest BCUT2D eigenvalue weighted by molar-refractivity contribution is 0.0584. The van der Waals surface area contributed by atoms with Gasteiger partial charge < -0.3 is 19.9 Å². The van der Waals surface area contributed by atoms with Crippen LogP contribution in [-0.2, 0) is 6.54 Å². The molecule has 0 saturated carbocycles. The van der Waals surface area contributed by atoms with E-state index in [2.05, 4.69) is 27.0 Å². The SMILES string of the molecule is CCC(Cn1ccnc1)NC(=O)N1CCC(N2CCN(CCO)CC2)CC1. The van der Waals surface area contributed by atoms with Gasteiger partial charge in [-0.3, -0.25) is 9.80 Å². The van der Waals surface area contributed by atoms with Crippen molar-refractivity contribution in [2.45, 2.75) is 44.8 Å². The number of imidazole rings is 1. The van der Waals surface area contributed by atoms with Gasteiger partial charge in [-0.2, -0.15) is 0 Å². The average Bonchev–Trinajstić information content (AvgIpc) is 3.21. The topological polar surface area (TPSA) is 76.9 Å². The lowest BCUT2D eigenvalue weighted by Gasteiger charge is -2.42. The zero-order chi connectivity index (χ0) is 19.1. The van der Waals surface area contributed by atoms with E-state index in [1.165, 1.54) is 0 Å². The molecule has 0 spiro atoms. The number of aliphatic hydroxyl groups is 1. The van der Waals surface area contributed by atoms with E-state index in [4.69, 9.17) is 5.11 Å². The molecule has 2 aliphatic heterocycles. The number of rotatable bonds is 7. The van der Waals surface area contributed by atoms with Gasteiger partial charge >= 0.3 is 6.03 Å². The summed E-state index contributed by atoms with van der Waals surface area (Å²) >= 11 is 0. The minimum absolute atomic E-state index is 0.0631. The van der Waals surface area contributed by atoms with Crippen LogP contribution < -0.4 is 5.32 Å². The first-order valence-electron chi connectivity index (χ1n) is 10.3. The van der Waals surface area contributed by atoms with Crippen molar-refractivity contribution >= 4 is 6.03 Å². The van der Waals surface area contributed by atoms with Crippen LogP contribution in [0.25, 0.3) is 0 Å². The molecule has 0 radical (unpaired) electrons. The summed E-state index contributed by atoms with van der Waals surface area (Å²) in [5.41, 5.74) is 0. The van der Waals surface area contributed by atoms with Crippen molar-refractivity contribution in [3.63, 3.8) is 0 Å². The van der Waals surface area contributed by atoms with Crippen molar-refractivity contribution in [1.29, 1.82) is 0 Å². The number of likely N-dealkylation sites (tertiary alicyclic amines) is 1. The Bertz CT molecular complexity index is 551. The van der Waals surface area contributed by atoms with E-state index in [-0.39, 0.29) is 18.7 Å². The number of hydrogen-bond acceptors (Lipinski definition) is 5. The molecule has 2 N–H and O–H groups in total. The maximum atomic E-state index is 12.6. The fourth-order valence-electron chi connectivity index (χ4n) is 4.12. The number of aliphatic hydroxyl groups excluding tert-OH is 1. The Morgan fingerprint density at radius 2 is 1.96 bits per heavy atom. The number of nitrogens with one attached hydrogen (secondary N) is 1. The van der Waals surface area contributed by atoms with Gasteiger partial charge in [-0.05, 0) is 19.3 Å². The van der Waals surface area contributed by atoms with Crippen LogP contribution in [0, 0.1) is 0 Å². The Hall–Kier alpha value is -1.64. The van der Waals surface area contributed by atoms with E-state index in [9.17, 15) is 4.79 Å². The molecule has 2 amide bonds. The van der Waals surface area contributed by atoms with E-state index in [0.29, 0.717) is 6.04 Å². The number of β-amino-alcohol motifs (C(OH)–C–C–N with tert-alkyl or cyclic N) is 1. The molecule has 2 aliphatic rings. The van der Waals surface area contributed by atoms with E-state index >= 15 is 0 Å². The van der Waals surface area contributed by atoms with Crippen LogP contribution in [0.5, 0.6) is 0 Å². The highest BCUT2D eigenvalue weighted by atomic mass is 16.3. The molecule has 152 valence electrons. The first-order valence-corrected chi connectivity index (χ1v) is 10.3. The second-order valence-electron chi connectivity index (χ2n) is 7.63. The number of piperidine rings is 1. The quantitative estimate of drug-likeness (QED) is 0.720. The largest absolute Gasteiger partial charge is 0.395 e. The fraction of sp³-hybridized carbons (Fsp3) is 0.789. The molecule has 27 heavy (non-hydrogen) atoms. The number of carbonyl (C=O) groups excluding carboxylic acids is 1. The summed E-state index contributed by atoms with van der Waals surface area (Å²) in [6, 6.07) is 0.774. The van der Waals surface area contributed by atoms with Crippen LogP contribution in [0.3, 0.4) is 0 Å². The number of nitrogens with zero attached hydrogens (tertiary/aromatic N) is 5. The number of hydrogen-bond donors (Lipinski definition) is 2. The van der Waals surface area contributed by atoms with Crippen LogP contribution in [0.2, 0.25) is 0 Å². The number of piperazine rings is 1. The first-order chi connectivity index (χ1) is 13.2. The molecule has 1 atom stereocenters. The number of aromatic nitrogens is 2. The Balaban J connectivity index is 1.40. The maximum absolute atomic E-state index is 12.6. The van der Waals surface area contributed by atoms with E-state index in [1.54, 1.807) is 12.5 Å². The predicted molar refractivity (Wildman–Crippen MR) is 105 cm³/mol. The maximum Gasteiger partial charge on any atom is 0.317 e. The highest BCUT2D eigenvalue weighted by Gasteiger charge is 2.29. The second kappa shape index (κ2) is 10.1. The van der Waals surface area contributed by atoms with Crippen molar-refractivity contribution in [3.8, 4) is 0 Å². The van der Waals surface area contributed by atoms with Gasteiger partial charge in [0, 0.05) is 76.8 Å².